The molecule has 0 unspecified atom stereocenters. The number of nitrogens with zero attached hydrogens (tertiary/aromatic N) is 1. The molecule has 1 heterocycles. The third-order valence-electron chi connectivity index (χ3n) is 3.58. The Labute approximate surface area is 131 Å². The minimum absolute atomic E-state index is 0.212. The van der Waals surface area contributed by atoms with Crippen LogP contribution in [0, 0.1) is 5.82 Å². The van der Waals surface area contributed by atoms with E-state index in [1.54, 1.807) is 30.3 Å². The van der Waals surface area contributed by atoms with Gasteiger partial charge in [-0.25, -0.2) is 4.39 Å². The number of carboxylic acids is 1. The second-order valence-corrected chi connectivity index (χ2v) is 5.29. The summed E-state index contributed by atoms with van der Waals surface area (Å²) in [6, 6.07) is 11.1. The first kappa shape index (κ1) is 15.0. The number of ether oxygens (including phenoxy) is 1. The van der Waals surface area contributed by atoms with Crippen molar-refractivity contribution in [3.05, 3.63) is 65.0 Å². The summed E-state index contributed by atoms with van der Waals surface area (Å²) < 4.78 is 18.7. The Morgan fingerprint density at radius 2 is 2.09 bits per heavy atom. The molecule has 0 aromatic heterocycles. The average Bonchev–Trinajstić information content (AvgIpc) is 2.80. The van der Waals surface area contributed by atoms with Gasteiger partial charge in [-0.05, 0) is 41.5 Å². The number of benzene rings is 2. The molecule has 0 spiro atoms. The summed E-state index contributed by atoms with van der Waals surface area (Å²) in [6.07, 6.45) is 0. The Morgan fingerprint density at radius 3 is 2.83 bits per heavy atom. The van der Waals surface area contributed by atoms with E-state index in [-0.39, 0.29) is 31.4 Å². The molecule has 118 valence electrons. The lowest BCUT2D eigenvalue weighted by Gasteiger charge is -2.11. The maximum atomic E-state index is 13.1. The minimum atomic E-state index is -1.05. The lowest BCUT2D eigenvalue weighted by atomic mass is 10.1. The normalized spacial score (nSPS) is 13.1. The van der Waals surface area contributed by atoms with Gasteiger partial charge in [0.25, 0.3) is 5.91 Å². The average molecular weight is 315 g/mol. The van der Waals surface area contributed by atoms with Crippen molar-refractivity contribution in [2.45, 2.75) is 13.2 Å². The highest BCUT2D eigenvalue weighted by atomic mass is 19.1. The van der Waals surface area contributed by atoms with Gasteiger partial charge in [-0.3, -0.25) is 9.59 Å². The van der Waals surface area contributed by atoms with Gasteiger partial charge >= 0.3 is 5.97 Å². The number of hydrogen-bond acceptors (Lipinski definition) is 3. The number of carboxylic acid groups (broad SMARTS) is 1. The molecule has 0 saturated heterocycles. The van der Waals surface area contributed by atoms with Crippen LogP contribution in [-0.2, 0) is 17.9 Å². The van der Waals surface area contributed by atoms with E-state index in [4.69, 9.17) is 9.84 Å². The number of rotatable bonds is 5. The predicted molar refractivity (Wildman–Crippen MR) is 79.6 cm³/mol. The van der Waals surface area contributed by atoms with Crippen molar-refractivity contribution >= 4 is 11.9 Å². The molecule has 1 N–H and O–H groups in total. The summed E-state index contributed by atoms with van der Waals surface area (Å²) >= 11 is 0. The number of amides is 1. The van der Waals surface area contributed by atoms with Gasteiger partial charge in [0.05, 0.1) is 0 Å². The number of aliphatic carboxylic acids is 1. The number of carbonyl (C=O) groups excluding carboxylic acids is 1. The Balaban J connectivity index is 1.71. The molecular formula is C17H14FNO4. The van der Waals surface area contributed by atoms with E-state index in [2.05, 4.69) is 0 Å². The molecule has 1 aliphatic rings. The molecule has 0 atom stereocenters. The zero-order chi connectivity index (χ0) is 16.4. The van der Waals surface area contributed by atoms with Gasteiger partial charge in [-0.15, -0.1) is 0 Å². The van der Waals surface area contributed by atoms with Crippen LogP contribution >= 0.6 is 0 Å². The van der Waals surface area contributed by atoms with Crippen LogP contribution < -0.4 is 4.74 Å². The number of fused-ring (bicyclic) bond motifs is 1. The van der Waals surface area contributed by atoms with E-state index in [1.165, 1.54) is 17.0 Å². The first-order valence-electron chi connectivity index (χ1n) is 7.04. The quantitative estimate of drug-likeness (QED) is 0.920. The zero-order valence-corrected chi connectivity index (χ0v) is 12.2. The Morgan fingerprint density at radius 1 is 1.26 bits per heavy atom. The first-order chi connectivity index (χ1) is 11.0. The maximum Gasteiger partial charge on any atom is 0.323 e. The van der Waals surface area contributed by atoms with Crippen molar-refractivity contribution in [3.63, 3.8) is 0 Å². The predicted octanol–water partition coefficient (Wildman–Crippen LogP) is 2.45. The highest BCUT2D eigenvalue weighted by molar-refractivity contribution is 5.99. The van der Waals surface area contributed by atoms with Gasteiger partial charge in [0, 0.05) is 12.1 Å². The van der Waals surface area contributed by atoms with E-state index in [0.29, 0.717) is 16.9 Å². The van der Waals surface area contributed by atoms with E-state index in [1.807, 2.05) is 0 Å². The fourth-order valence-corrected chi connectivity index (χ4v) is 2.53. The molecule has 1 aliphatic heterocycles. The fourth-order valence-electron chi connectivity index (χ4n) is 2.53. The molecule has 23 heavy (non-hydrogen) atoms. The SMILES string of the molecule is O=C(O)CN1Cc2cc(OCc3cccc(F)c3)ccc2C1=O. The van der Waals surface area contributed by atoms with Crippen LogP contribution in [0.25, 0.3) is 0 Å². The molecule has 0 aliphatic carbocycles. The summed E-state index contributed by atoms with van der Waals surface area (Å²) in [5.41, 5.74) is 1.92. The molecule has 0 saturated carbocycles. The van der Waals surface area contributed by atoms with Gasteiger partial charge < -0.3 is 14.7 Å². The van der Waals surface area contributed by atoms with E-state index >= 15 is 0 Å². The third kappa shape index (κ3) is 3.31. The Bertz CT molecular complexity index is 775. The van der Waals surface area contributed by atoms with Crippen LogP contribution in [-0.4, -0.2) is 28.4 Å². The molecular weight excluding hydrogens is 301 g/mol. The molecule has 0 radical (unpaired) electrons. The summed E-state index contributed by atoms with van der Waals surface area (Å²) in [7, 11) is 0. The monoisotopic (exact) mass is 315 g/mol. The summed E-state index contributed by atoms with van der Waals surface area (Å²) in [4.78, 5) is 24.1. The fraction of sp³-hybridized carbons (Fsp3) is 0.176. The van der Waals surface area contributed by atoms with Crippen molar-refractivity contribution in [1.82, 2.24) is 4.90 Å². The molecule has 5 nitrogen and oxygen atoms in total. The number of hydrogen-bond donors (Lipinski definition) is 1. The van der Waals surface area contributed by atoms with Crippen molar-refractivity contribution in [3.8, 4) is 5.75 Å². The summed E-state index contributed by atoms with van der Waals surface area (Å²) in [5.74, 6) is -1.11. The van der Waals surface area contributed by atoms with Crippen LogP contribution in [0.3, 0.4) is 0 Å². The second-order valence-electron chi connectivity index (χ2n) is 5.29. The van der Waals surface area contributed by atoms with Gasteiger partial charge in [0.15, 0.2) is 0 Å². The van der Waals surface area contributed by atoms with E-state index in [0.717, 1.165) is 5.56 Å². The smallest absolute Gasteiger partial charge is 0.323 e. The van der Waals surface area contributed by atoms with Crippen LogP contribution in [0.4, 0.5) is 4.39 Å². The molecule has 2 aromatic rings. The molecule has 1 amide bonds. The lowest BCUT2D eigenvalue weighted by Crippen LogP contribution is -2.29. The van der Waals surface area contributed by atoms with Crippen molar-refractivity contribution in [2.75, 3.05) is 6.54 Å². The van der Waals surface area contributed by atoms with Gasteiger partial charge in [-0.1, -0.05) is 12.1 Å². The first-order valence-corrected chi connectivity index (χ1v) is 7.04. The van der Waals surface area contributed by atoms with Gasteiger partial charge in [0.2, 0.25) is 0 Å². The standard InChI is InChI=1S/C17H14FNO4/c18-13-3-1-2-11(6-13)10-23-14-4-5-15-12(7-14)8-19(17(15)22)9-16(20)21/h1-7H,8-10H2,(H,20,21). The second kappa shape index (κ2) is 6.08. The largest absolute Gasteiger partial charge is 0.489 e. The van der Waals surface area contributed by atoms with Gasteiger partial charge in [-0.2, -0.15) is 0 Å². The van der Waals surface area contributed by atoms with Crippen LogP contribution in [0.5, 0.6) is 5.75 Å². The third-order valence-corrected chi connectivity index (χ3v) is 3.58. The van der Waals surface area contributed by atoms with Gasteiger partial charge in [0.1, 0.15) is 24.7 Å². The molecule has 0 fully saturated rings. The highest BCUT2D eigenvalue weighted by Crippen LogP contribution is 2.27. The Kier molecular flexibility index (Phi) is 3.97. The Hall–Kier alpha value is -2.89. The zero-order valence-electron chi connectivity index (χ0n) is 12.2. The van der Waals surface area contributed by atoms with Crippen molar-refractivity contribution in [1.29, 1.82) is 0 Å². The van der Waals surface area contributed by atoms with E-state index < -0.39 is 5.97 Å². The van der Waals surface area contributed by atoms with E-state index in [9.17, 15) is 14.0 Å². The summed E-state index contributed by atoms with van der Waals surface area (Å²) in [6.45, 7) is 0.133. The molecule has 3 rings (SSSR count). The number of halogens is 1. The molecule has 0 bridgehead atoms. The molecule has 6 heteroatoms. The molecule has 2 aromatic carbocycles. The lowest BCUT2D eigenvalue weighted by molar-refractivity contribution is -0.137. The summed E-state index contributed by atoms with van der Waals surface area (Å²) in [5, 5.41) is 8.81. The van der Waals surface area contributed by atoms with Crippen LogP contribution in [0.2, 0.25) is 0 Å². The topological polar surface area (TPSA) is 66.8 Å². The highest BCUT2D eigenvalue weighted by Gasteiger charge is 2.28. The number of carbonyl (C=O) groups is 2. The van der Waals surface area contributed by atoms with Crippen LogP contribution in [0.15, 0.2) is 42.5 Å². The maximum absolute atomic E-state index is 13.1. The van der Waals surface area contributed by atoms with Crippen molar-refractivity contribution in [2.24, 2.45) is 0 Å². The minimum Gasteiger partial charge on any atom is -0.489 e. The van der Waals surface area contributed by atoms with Crippen LogP contribution in [0.1, 0.15) is 21.5 Å². The van der Waals surface area contributed by atoms with Crippen molar-refractivity contribution < 1.29 is 23.8 Å².